The van der Waals surface area contributed by atoms with Crippen LogP contribution in [0.15, 0.2) is 42.5 Å². The van der Waals surface area contributed by atoms with Gasteiger partial charge in [-0.15, -0.1) is 0 Å². The molecule has 1 saturated carbocycles. The molecule has 0 saturated heterocycles. The van der Waals surface area contributed by atoms with Crippen LogP contribution in [-0.4, -0.2) is 23.5 Å². The minimum Gasteiger partial charge on any atom is -0.462 e. The van der Waals surface area contributed by atoms with Crippen molar-refractivity contribution in [3.63, 3.8) is 0 Å². The normalized spacial score (nSPS) is 18.2. The number of carbonyl (C=O) groups is 2. The molecule has 0 bridgehead atoms. The number of hydrogen-bond acceptors (Lipinski definition) is 4. The number of hydrogen-bond donors (Lipinski definition) is 1. The first-order valence-corrected chi connectivity index (χ1v) is 9.03. The Morgan fingerprint density at radius 3 is 2.73 bits per heavy atom. The van der Waals surface area contributed by atoms with Crippen LogP contribution in [0.3, 0.4) is 0 Å². The molecule has 2 unspecified atom stereocenters. The zero-order valence-corrected chi connectivity index (χ0v) is 15.2. The van der Waals surface area contributed by atoms with Gasteiger partial charge in [-0.25, -0.2) is 4.79 Å². The van der Waals surface area contributed by atoms with Crippen molar-refractivity contribution in [3.8, 4) is 0 Å². The highest BCUT2D eigenvalue weighted by molar-refractivity contribution is 5.96. The van der Waals surface area contributed by atoms with Crippen molar-refractivity contribution in [2.75, 3.05) is 11.9 Å². The lowest BCUT2D eigenvalue weighted by atomic mass is 10.2. The average molecular weight is 352 g/mol. The number of aryl methyl sites for hydroxylation is 2. The highest BCUT2D eigenvalue weighted by Gasteiger charge is 2.39. The third-order valence-corrected chi connectivity index (χ3v) is 4.57. The highest BCUT2D eigenvalue weighted by Crippen LogP contribution is 2.38. The molecule has 26 heavy (non-hydrogen) atoms. The van der Waals surface area contributed by atoms with Gasteiger partial charge in [-0.05, 0) is 62.4 Å². The van der Waals surface area contributed by atoms with Crippen LogP contribution in [0.1, 0.15) is 41.5 Å². The molecule has 5 nitrogen and oxygen atoms in total. The quantitative estimate of drug-likeness (QED) is 0.608. The van der Waals surface area contributed by atoms with Gasteiger partial charge in [0.1, 0.15) is 0 Å². The Balaban J connectivity index is 1.47. The number of nitrogens with one attached hydrogen (secondary N) is 1. The lowest BCUT2D eigenvalue weighted by Crippen LogP contribution is -2.15. The van der Waals surface area contributed by atoms with E-state index in [0.717, 1.165) is 30.7 Å². The van der Waals surface area contributed by atoms with Gasteiger partial charge in [0, 0.05) is 23.0 Å². The fraction of sp³-hybridized carbons (Fsp3) is 0.381. The molecule has 1 aromatic carbocycles. The van der Waals surface area contributed by atoms with Gasteiger partial charge in [-0.2, -0.15) is 0 Å². The summed E-state index contributed by atoms with van der Waals surface area (Å²) in [5.74, 6) is 0.193. The number of amides is 1. The Morgan fingerprint density at radius 2 is 2.00 bits per heavy atom. The van der Waals surface area contributed by atoms with E-state index in [4.69, 9.17) is 4.74 Å². The molecule has 5 heteroatoms. The number of benzene rings is 1. The van der Waals surface area contributed by atoms with Gasteiger partial charge >= 0.3 is 5.97 Å². The molecule has 1 heterocycles. The van der Waals surface area contributed by atoms with Crippen molar-refractivity contribution in [2.24, 2.45) is 11.8 Å². The summed E-state index contributed by atoms with van der Waals surface area (Å²) in [7, 11) is 0. The van der Waals surface area contributed by atoms with Crippen LogP contribution in [0.4, 0.5) is 5.69 Å². The molecule has 0 aliphatic heterocycles. The Morgan fingerprint density at radius 1 is 1.23 bits per heavy atom. The van der Waals surface area contributed by atoms with E-state index in [2.05, 4.69) is 17.2 Å². The third-order valence-electron chi connectivity index (χ3n) is 4.57. The van der Waals surface area contributed by atoms with Gasteiger partial charge < -0.3 is 10.1 Å². The molecule has 1 fully saturated rings. The van der Waals surface area contributed by atoms with Crippen molar-refractivity contribution in [2.45, 2.75) is 33.1 Å². The number of pyridine rings is 1. The van der Waals surface area contributed by atoms with Crippen LogP contribution < -0.4 is 5.32 Å². The van der Waals surface area contributed by atoms with Crippen LogP contribution in [0, 0.1) is 18.8 Å². The van der Waals surface area contributed by atoms with Gasteiger partial charge in [0.05, 0.1) is 12.2 Å². The summed E-state index contributed by atoms with van der Waals surface area (Å²) in [5, 5.41) is 2.87. The largest absolute Gasteiger partial charge is 0.462 e. The van der Waals surface area contributed by atoms with Crippen molar-refractivity contribution >= 4 is 17.6 Å². The topological polar surface area (TPSA) is 68.3 Å². The molecule has 1 aromatic heterocycles. The highest BCUT2D eigenvalue weighted by atomic mass is 16.5. The smallest absolute Gasteiger partial charge is 0.338 e. The molecule has 136 valence electrons. The van der Waals surface area contributed by atoms with Crippen molar-refractivity contribution < 1.29 is 14.3 Å². The Labute approximate surface area is 153 Å². The molecule has 2 atom stereocenters. The molecule has 0 spiro atoms. The lowest BCUT2D eigenvalue weighted by Gasteiger charge is -2.08. The first kappa shape index (κ1) is 18.1. The molecule has 1 amide bonds. The second kappa shape index (κ2) is 8.13. The van der Waals surface area contributed by atoms with Gasteiger partial charge in [0.2, 0.25) is 5.91 Å². The summed E-state index contributed by atoms with van der Waals surface area (Å²) in [5.41, 5.74) is 3.06. The Bertz CT molecular complexity index is 803. The summed E-state index contributed by atoms with van der Waals surface area (Å²) < 4.78 is 5.34. The van der Waals surface area contributed by atoms with E-state index in [-0.39, 0.29) is 17.8 Å². The summed E-state index contributed by atoms with van der Waals surface area (Å²) in [6, 6.07) is 12.8. The summed E-state index contributed by atoms with van der Waals surface area (Å²) in [6.07, 6.45) is 2.42. The molecule has 1 aliphatic rings. The lowest BCUT2D eigenvalue weighted by molar-refractivity contribution is -0.117. The molecule has 3 rings (SSSR count). The van der Waals surface area contributed by atoms with Gasteiger partial charge in [0.25, 0.3) is 0 Å². The van der Waals surface area contributed by atoms with Crippen LogP contribution in [0.2, 0.25) is 0 Å². The zero-order chi connectivity index (χ0) is 18.5. The first-order valence-electron chi connectivity index (χ1n) is 9.03. The maximum Gasteiger partial charge on any atom is 0.338 e. The second-order valence-electron chi connectivity index (χ2n) is 6.90. The average Bonchev–Trinajstić information content (AvgIpc) is 3.36. The van der Waals surface area contributed by atoms with E-state index >= 15 is 0 Å². The fourth-order valence-corrected chi connectivity index (χ4v) is 2.89. The monoisotopic (exact) mass is 352 g/mol. The number of anilines is 1. The van der Waals surface area contributed by atoms with E-state index in [1.807, 2.05) is 25.1 Å². The molecule has 0 radical (unpaired) electrons. The van der Waals surface area contributed by atoms with Crippen LogP contribution in [-0.2, 0) is 16.0 Å². The number of nitrogens with zero attached hydrogens (tertiary/aromatic N) is 1. The molecular weight excluding hydrogens is 328 g/mol. The van der Waals surface area contributed by atoms with E-state index in [9.17, 15) is 9.59 Å². The molecule has 1 N–H and O–H groups in total. The van der Waals surface area contributed by atoms with E-state index in [0.29, 0.717) is 23.8 Å². The Hall–Kier alpha value is -2.69. The number of carbonyl (C=O) groups excluding carboxylic acids is 2. The van der Waals surface area contributed by atoms with Crippen molar-refractivity contribution in [1.29, 1.82) is 0 Å². The SMILES string of the molecule is Cc1cccc(CCCOC(=O)c2cccc(NC(=O)C3CC3C)c2)n1. The summed E-state index contributed by atoms with van der Waals surface area (Å²) in [6.45, 7) is 4.36. The molecular formula is C21H24N2O3. The number of ether oxygens (including phenoxy) is 1. The van der Waals surface area contributed by atoms with E-state index in [1.165, 1.54) is 0 Å². The standard InChI is InChI=1S/C21H24N2O3/c1-14-12-19(14)20(24)23-18-9-4-7-16(13-18)21(25)26-11-5-10-17-8-3-6-15(2)22-17/h3-4,6-9,13-14,19H,5,10-12H2,1-2H3,(H,23,24). The second-order valence-corrected chi connectivity index (χ2v) is 6.90. The van der Waals surface area contributed by atoms with E-state index in [1.54, 1.807) is 24.3 Å². The summed E-state index contributed by atoms with van der Waals surface area (Å²) >= 11 is 0. The molecule has 1 aliphatic carbocycles. The fourth-order valence-electron chi connectivity index (χ4n) is 2.89. The number of aromatic nitrogens is 1. The van der Waals surface area contributed by atoms with Crippen LogP contribution >= 0.6 is 0 Å². The predicted molar refractivity (Wildman–Crippen MR) is 99.9 cm³/mol. The number of rotatable bonds is 7. The predicted octanol–water partition coefficient (Wildman–Crippen LogP) is 3.77. The van der Waals surface area contributed by atoms with Crippen molar-refractivity contribution in [1.82, 2.24) is 4.98 Å². The maximum absolute atomic E-state index is 12.2. The molecule has 2 aromatic rings. The third kappa shape index (κ3) is 4.91. The zero-order valence-electron chi connectivity index (χ0n) is 15.2. The first-order chi connectivity index (χ1) is 12.5. The minimum atomic E-state index is -0.377. The van der Waals surface area contributed by atoms with Crippen molar-refractivity contribution in [3.05, 3.63) is 59.4 Å². The summed E-state index contributed by atoms with van der Waals surface area (Å²) in [4.78, 5) is 28.6. The number of esters is 1. The van der Waals surface area contributed by atoms with Crippen LogP contribution in [0.25, 0.3) is 0 Å². The minimum absolute atomic E-state index is 0.0219. The van der Waals surface area contributed by atoms with Crippen LogP contribution in [0.5, 0.6) is 0 Å². The van der Waals surface area contributed by atoms with Gasteiger partial charge in [-0.1, -0.05) is 19.1 Å². The van der Waals surface area contributed by atoms with Gasteiger partial charge in [-0.3, -0.25) is 9.78 Å². The Kier molecular flexibility index (Phi) is 5.66. The maximum atomic E-state index is 12.2. The van der Waals surface area contributed by atoms with Gasteiger partial charge in [0.15, 0.2) is 0 Å². The van der Waals surface area contributed by atoms with E-state index < -0.39 is 0 Å².